The molecule has 1 heterocycles. The van der Waals surface area contributed by atoms with Gasteiger partial charge in [-0.2, -0.15) is 0 Å². The van der Waals surface area contributed by atoms with Crippen LogP contribution < -0.4 is 16.0 Å². The second-order valence-corrected chi connectivity index (χ2v) is 7.15. The summed E-state index contributed by atoms with van der Waals surface area (Å²) >= 11 is 0. The van der Waals surface area contributed by atoms with Gasteiger partial charge in [0.15, 0.2) is 5.96 Å². The van der Waals surface area contributed by atoms with Crippen LogP contribution in [0.4, 0.5) is 4.79 Å². The van der Waals surface area contributed by atoms with Gasteiger partial charge in [0.25, 0.3) is 5.91 Å². The molecule has 1 aliphatic heterocycles. The minimum absolute atomic E-state index is 0. The van der Waals surface area contributed by atoms with Crippen LogP contribution in [0.2, 0.25) is 0 Å². The van der Waals surface area contributed by atoms with Crippen LogP contribution in [0.3, 0.4) is 0 Å². The number of nitrogens with zero attached hydrogens (tertiary/aromatic N) is 2. The molecule has 0 spiro atoms. The summed E-state index contributed by atoms with van der Waals surface area (Å²) in [7, 11) is 0. The van der Waals surface area contributed by atoms with Gasteiger partial charge >= 0.3 is 6.03 Å². The molecule has 0 aliphatic carbocycles. The molecule has 8 heteroatoms. The first-order valence-electron chi connectivity index (χ1n) is 9.50. The molecule has 26 heavy (non-hydrogen) atoms. The van der Waals surface area contributed by atoms with Gasteiger partial charge in [0.1, 0.15) is 5.54 Å². The van der Waals surface area contributed by atoms with Crippen LogP contribution in [-0.4, -0.2) is 54.5 Å². The Morgan fingerprint density at radius 1 is 1.23 bits per heavy atom. The number of aliphatic imine (C=N–C) groups is 1. The lowest BCUT2D eigenvalue weighted by molar-refractivity contribution is -0.130. The Morgan fingerprint density at radius 2 is 1.92 bits per heavy atom. The number of amides is 3. The molecule has 1 fully saturated rings. The van der Waals surface area contributed by atoms with Crippen LogP contribution in [-0.2, 0) is 4.79 Å². The third-order valence-electron chi connectivity index (χ3n) is 4.46. The van der Waals surface area contributed by atoms with Gasteiger partial charge < -0.3 is 16.0 Å². The highest BCUT2D eigenvalue weighted by Gasteiger charge is 2.45. The van der Waals surface area contributed by atoms with E-state index in [2.05, 4.69) is 34.8 Å². The van der Waals surface area contributed by atoms with Gasteiger partial charge in [-0.15, -0.1) is 24.0 Å². The third kappa shape index (κ3) is 7.67. The number of imide groups is 1. The molecule has 7 nitrogen and oxygen atoms in total. The zero-order chi connectivity index (χ0) is 18.9. The Kier molecular flexibility index (Phi) is 11.8. The van der Waals surface area contributed by atoms with Crippen molar-refractivity contribution >= 4 is 41.9 Å². The fourth-order valence-corrected chi connectivity index (χ4v) is 2.67. The van der Waals surface area contributed by atoms with Crippen molar-refractivity contribution in [2.24, 2.45) is 10.9 Å². The van der Waals surface area contributed by atoms with E-state index in [1.54, 1.807) is 6.92 Å². The third-order valence-corrected chi connectivity index (χ3v) is 4.46. The smallest absolute Gasteiger partial charge is 0.325 e. The van der Waals surface area contributed by atoms with Crippen LogP contribution in [0.15, 0.2) is 4.99 Å². The van der Waals surface area contributed by atoms with E-state index in [0.29, 0.717) is 31.8 Å². The number of carbonyl (C=O) groups excluding carboxylic acids is 2. The van der Waals surface area contributed by atoms with E-state index in [9.17, 15) is 9.59 Å². The summed E-state index contributed by atoms with van der Waals surface area (Å²) in [5.41, 5.74) is -0.757. The molecule has 0 aromatic carbocycles. The zero-order valence-electron chi connectivity index (χ0n) is 16.9. The van der Waals surface area contributed by atoms with Gasteiger partial charge in [0, 0.05) is 26.2 Å². The molecule has 1 aliphatic rings. The molecule has 152 valence electrons. The second kappa shape index (κ2) is 12.3. The summed E-state index contributed by atoms with van der Waals surface area (Å²) in [6, 6.07) is -0.294. The number of halogens is 1. The van der Waals surface area contributed by atoms with Crippen molar-refractivity contribution in [3.05, 3.63) is 0 Å². The number of hydrogen-bond donors (Lipinski definition) is 3. The first kappa shape index (κ1) is 24.9. The molecule has 0 radical (unpaired) electrons. The molecule has 1 atom stereocenters. The summed E-state index contributed by atoms with van der Waals surface area (Å²) in [6.07, 6.45) is 3.55. The average Bonchev–Trinajstić information content (AvgIpc) is 2.78. The monoisotopic (exact) mass is 481 g/mol. The van der Waals surface area contributed by atoms with Crippen LogP contribution in [0.25, 0.3) is 0 Å². The molecule has 0 aromatic heterocycles. The Labute approximate surface area is 175 Å². The maximum absolute atomic E-state index is 12.3. The first-order valence-corrected chi connectivity index (χ1v) is 9.50. The highest BCUT2D eigenvalue weighted by atomic mass is 127. The van der Waals surface area contributed by atoms with Gasteiger partial charge in [-0.05, 0) is 45.4 Å². The van der Waals surface area contributed by atoms with Crippen molar-refractivity contribution in [3.63, 3.8) is 0 Å². The Hall–Kier alpha value is -1.06. The number of guanidine groups is 1. The lowest BCUT2D eigenvalue weighted by atomic mass is 9.99. The van der Waals surface area contributed by atoms with E-state index in [1.165, 1.54) is 11.3 Å². The number of nitrogens with one attached hydrogen (secondary N) is 3. The van der Waals surface area contributed by atoms with Crippen LogP contribution in [0.1, 0.15) is 60.3 Å². The average molecular weight is 481 g/mol. The Balaban J connectivity index is 0.00000625. The molecule has 0 saturated carbocycles. The van der Waals surface area contributed by atoms with Crippen molar-refractivity contribution in [1.82, 2.24) is 20.9 Å². The van der Waals surface area contributed by atoms with E-state index in [4.69, 9.17) is 0 Å². The van der Waals surface area contributed by atoms with E-state index in [1.807, 2.05) is 13.8 Å². The molecule has 1 saturated heterocycles. The fourth-order valence-electron chi connectivity index (χ4n) is 2.67. The number of rotatable bonds is 10. The molecule has 3 amide bonds. The highest BCUT2D eigenvalue weighted by molar-refractivity contribution is 14.0. The summed E-state index contributed by atoms with van der Waals surface area (Å²) in [6.45, 7) is 12.8. The van der Waals surface area contributed by atoms with Crippen LogP contribution in [0.5, 0.6) is 0 Å². The predicted octanol–water partition coefficient (Wildman–Crippen LogP) is 2.71. The van der Waals surface area contributed by atoms with Gasteiger partial charge in [-0.25, -0.2) is 4.79 Å². The van der Waals surface area contributed by atoms with Crippen molar-refractivity contribution in [2.75, 3.05) is 26.2 Å². The van der Waals surface area contributed by atoms with Crippen LogP contribution >= 0.6 is 24.0 Å². The molecular weight excluding hydrogens is 445 g/mol. The largest absolute Gasteiger partial charge is 0.357 e. The minimum Gasteiger partial charge on any atom is -0.357 e. The van der Waals surface area contributed by atoms with Gasteiger partial charge in [-0.1, -0.05) is 20.8 Å². The Morgan fingerprint density at radius 3 is 2.46 bits per heavy atom. The Bertz CT molecular complexity index is 484. The maximum Gasteiger partial charge on any atom is 0.325 e. The summed E-state index contributed by atoms with van der Waals surface area (Å²) in [5, 5.41) is 9.31. The second-order valence-electron chi connectivity index (χ2n) is 7.15. The maximum atomic E-state index is 12.3. The van der Waals surface area contributed by atoms with Crippen molar-refractivity contribution in [2.45, 2.75) is 65.8 Å². The number of urea groups is 1. The molecule has 0 bridgehead atoms. The molecule has 3 N–H and O–H groups in total. The molecule has 1 rings (SSSR count). The van der Waals surface area contributed by atoms with Crippen LogP contribution in [0, 0.1) is 5.92 Å². The quantitative estimate of drug-likeness (QED) is 0.147. The number of carbonyl (C=O) groups is 2. The van der Waals surface area contributed by atoms with E-state index in [0.717, 1.165) is 25.5 Å². The lowest BCUT2D eigenvalue weighted by Gasteiger charge is -2.19. The van der Waals surface area contributed by atoms with E-state index >= 15 is 0 Å². The minimum atomic E-state index is -0.757. The van der Waals surface area contributed by atoms with Gasteiger partial charge in [0.05, 0.1) is 0 Å². The molecule has 1 unspecified atom stereocenters. The normalized spacial score (nSPS) is 20.2. The predicted molar refractivity (Wildman–Crippen MR) is 117 cm³/mol. The van der Waals surface area contributed by atoms with Gasteiger partial charge in [-0.3, -0.25) is 14.7 Å². The topological polar surface area (TPSA) is 85.8 Å². The fraction of sp³-hybridized carbons (Fsp3) is 0.833. The van der Waals surface area contributed by atoms with Gasteiger partial charge in [0.2, 0.25) is 0 Å². The summed E-state index contributed by atoms with van der Waals surface area (Å²) < 4.78 is 0. The van der Waals surface area contributed by atoms with E-state index in [-0.39, 0.29) is 35.9 Å². The summed E-state index contributed by atoms with van der Waals surface area (Å²) in [5.74, 6) is 1.36. The lowest BCUT2D eigenvalue weighted by Crippen LogP contribution is -2.43. The standard InChI is InChI=1S/C18H35N5O2.HI/c1-6-18(5)15(24)23(17(25)22-18)13-9-12-21-16(19-7-2)20-11-8-10-14(3)4;/h14H,6-13H2,1-5H3,(H,22,25)(H2,19,20,21);1H. The molecule has 0 aromatic rings. The molecular formula is C18H36IN5O2. The summed E-state index contributed by atoms with van der Waals surface area (Å²) in [4.78, 5) is 30.1. The number of hydrogen-bond acceptors (Lipinski definition) is 3. The first-order chi connectivity index (χ1) is 11.8. The van der Waals surface area contributed by atoms with Crippen molar-refractivity contribution in [3.8, 4) is 0 Å². The highest BCUT2D eigenvalue weighted by Crippen LogP contribution is 2.20. The SMILES string of the molecule is CCNC(=NCCCN1C(=O)NC(C)(CC)C1=O)NCCCC(C)C.I. The zero-order valence-corrected chi connectivity index (χ0v) is 19.2. The van der Waals surface area contributed by atoms with E-state index < -0.39 is 5.54 Å². The van der Waals surface area contributed by atoms with Crippen molar-refractivity contribution in [1.29, 1.82) is 0 Å². The van der Waals surface area contributed by atoms with Crippen molar-refractivity contribution < 1.29 is 9.59 Å².